The van der Waals surface area contributed by atoms with Gasteiger partial charge in [-0.3, -0.25) is 10.1 Å². The van der Waals surface area contributed by atoms with E-state index < -0.39 is 10.7 Å². The monoisotopic (exact) mass is 303 g/mol. The Morgan fingerprint density at radius 2 is 1.95 bits per heavy atom. The maximum absolute atomic E-state index is 11.2. The van der Waals surface area contributed by atoms with Gasteiger partial charge in [-0.15, -0.1) is 0 Å². The third-order valence-corrected chi connectivity index (χ3v) is 4.36. The molecule has 3 rings (SSSR count). The van der Waals surface area contributed by atoms with E-state index in [1.54, 1.807) is 13.0 Å². The van der Waals surface area contributed by atoms with Crippen LogP contribution in [-0.4, -0.2) is 37.0 Å². The Kier molecular flexibility index (Phi) is 3.72. The average Bonchev–Trinajstić information content (AvgIpc) is 2.96. The SMILES string of the molecule is Cc1c(N2CCC3(CC2)OCCO3)cc(C#N)cc1[N+](=O)[O-]. The van der Waals surface area contributed by atoms with E-state index in [2.05, 4.69) is 4.90 Å². The quantitative estimate of drug-likeness (QED) is 0.614. The fourth-order valence-electron chi connectivity index (χ4n) is 3.14. The molecule has 0 aromatic heterocycles. The Balaban J connectivity index is 1.87. The lowest BCUT2D eigenvalue weighted by atomic mass is 10.0. The molecule has 0 aliphatic carbocycles. The molecule has 7 heteroatoms. The smallest absolute Gasteiger partial charge is 0.275 e. The molecule has 116 valence electrons. The summed E-state index contributed by atoms with van der Waals surface area (Å²) in [4.78, 5) is 12.8. The molecule has 1 spiro atoms. The summed E-state index contributed by atoms with van der Waals surface area (Å²) in [5.41, 5.74) is 1.63. The van der Waals surface area contributed by atoms with Gasteiger partial charge >= 0.3 is 0 Å². The number of ether oxygens (including phenoxy) is 2. The second kappa shape index (κ2) is 5.55. The third kappa shape index (κ3) is 2.51. The molecule has 0 unspecified atom stereocenters. The lowest BCUT2D eigenvalue weighted by Gasteiger charge is -2.39. The Labute approximate surface area is 128 Å². The van der Waals surface area contributed by atoms with Crippen molar-refractivity contribution >= 4 is 11.4 Å². The van der Waals surface area contributed by atoms with Gasteiger partial charge in [-0.05, 0) is 13.0 Å². The Hall–Kier alpha value is -2.17. The van der Waals surface area contributed by atoms with Gasteiger partial charge in [-0.2, -0.15) is 5.26 Å². The van der Waals surface area contributed by atoms with E-state index in [0.29, 0.717) is 37.4 Å². The summed E-state index contributed by atoms with van der Waals surface area (Å²) in [6.45, 7) is 4.34. The average molecular weight is 303 g/mol. The van der Waals surface area contributed by atoms with Crippen LogP contribution in [0.2, 0.25) is 0 Å². The number of nitrogens with zero attached hydrogens (tertiary/aromatic N) is 3. The Morgan fingerprint density at radius 3 is 2.50 bits per heavy atom. The number of nitro benzene ring substituents is 1. The summed E-state index contributed by atoms with van der Waals surface area (Å²) in [6.07, 6.45) is 1.44. The standard InChI is InChI=1S/C15H17N3O4/c1-11-13(8-12(10-16)9-14(11)18(19)20)17-4-2-15(3-5-17)21-6-7-22-15/h8-9H,2-7H2,1H3. The molecule has 2 fully saturated rings. The second-order valence-corrected chi connectivity index (χ2v) is 5.60. The van der Waals surface area contributed by atoms with E-state index in [-0.39, 0.29) is 5.69 Å². The number of hydrogen-bond acceptors (Lipinski definition) is 6. The summed E-state index contributed by atoms with van der Waals surface area (Å²) < 4.78 is 11.4. The number of anilines is 1. The van der Waals surface area contributed by atoms with Gasteiger partial charge in [0.05, 0.1) is 35.3 Å². The first kappa shape index (κ1) is 14.8. The topological polar surface area (TPSA) is 88.6 Å². The van der Waals surface area contributed by atoms with Crippen molar-refractivity contribution in [1.29, 1.82) is 5.26 Å². The van der Waals surface area contributed by atoms with Crippen LogP contribution in [0.15, 0.2) is 12.1 Å². The summed E-state index contributed by atoms with van der Waals surface area (Å²) in [6, 6.07) is 5.04. The van der Waals surface area contributed by atoms with Crippen LogP contribution in [0.3, 0.4) is 0 Å². The number of rotatable bonds is 2. The van der Waals surface area contributed by atoms with Gasteiger partial charge in [0.1, 0.15) is 0 Å². The van der Waals surface area contributed by atoms with Gasteiger partial charge in [0.2, 0.25) is 0 Å². The van der Waals surface area contributed by atoms with Crippen molar-refractivity contribution in [2.45, 2.75) is 25.6 Å². The number of piperidine rings is 1. The van der Waals surface area contributed by atoms with E-state index in [9.17, 15) is 10.1 Å². The van der Waals surface area contributed by atoms with E-state index in [4.69, 9.17) is 14.7 Å². The first-order chi connectivity index (χ1) is 10.5. The van der Waals surface area contributed by atoms with Crippen molar-refractivity contribution in [3.63, 3.8) is 0 Å². The number of nitro groups is 1. The predicted octanol–water partition coefficient (Wildman–Crippen LogP) is 2.12. The highest BCUT2D eigenvalue weighted by molar-refractivity contribution is 5.65. The molecule has 22 heavy (non-hydrogen) atoms. The summed E-state index contributed by atoms with van der Waals surface area (Å²) in [5, 5.41) is 20.3. The Bertz CT molecular complexity index is 637. The lowest BCUT2D eigenvalue weighted by Crippen LogP contribution is -2.45. The second-order valence-electron chi connectivity index (χ2n) is 5.60. The van der Waals surface area contributed by atoms with Crippen LogP contribution in [0, 0.1) is 28.4 Å². The van der Waals surface area contributed by atoms with E-state index in [1.165, 1.54) is 6.07 Å². The van der Waals surface area contributed by atoms with Crippen molar-refractivity contribution in [1.82, 2.24) is 0 Å². The van der Waals surface area contributed by atoms with Gasteiger partial charge in [-0.25, -0.2) is 0 Å². The molecule has 1 aromatic rings. The van der Waals surface area contributed by atoms with E-state index in [0.717, 1.165) is 18.5 Å². The largest absolute Gasteiger partial charge is 0.371 e. The molecule has 0 bridgehead atoms. The highest BCUT2D eigenvalue weighted by Gasteiger charge is 2.40. The predicted molar refractivity (Wildman–Crippen MR) is 78.6 cm³/mol. The van der Waals surface area contributed by atoms with Crippen LogP contribution < -0.4 is 4.90 Å². The molecule has 1 aromatic carbocycles. The summed E-state index contributed by atoms with van der Waals surface area (Å²) in [7, 11) is 0. The molecule has 2 heterocycles. The fourth-order valence-corrected chi connectivity index (χ4v) is 3.14. The Morgan fingerprint density at radius 1 is 1.32 bits per heavy atom. The molecule has 7 nitrogen and oxygen atoms in total. The van der Waals surface area contributed by atoms with Crippen LogP contribution in [0.25, 0.3) is 0 Å². The minimum atomic E-state index is -0.483. The number of benzene rings is 1. The van der Waals surface area contributed by atoms with Crippen LogP contribution >= 0.6 is 0 Å². The summed E-state index contributed by atoms with van der Waals surface area (Å²) in [5.74, 6) is -0.483. The maximum atomic E-state index is 11.2. The normalized spacial score (nSPS) is 20.1. The highest BCUT2D eigenvalue weighted by Crippen LogP contribution is 2.36. The lowest BCUT2D eigenvalue weighted by molar-refractivity contribution is -0.385. The molecule has 0 amide bonds. The van der Waals surface area contributed by atoms with Crippen molar-refractivity contribution in [3.05, 3.63) is 33.4 Å². The van der Waals surface area contributed by atoms with Crippen LogP contribution in [0.5, 0.6) is 0 Å². The highest BCUT2D eigenvalue weighted by atomic mass is 16.7. The molecule has 2 aliphatic rings. The van der Waals surface area contributed by atoms with E-state index in [1.807, 2.05) is 6.07 Å². The third-order valence-electron chi connectivity index (χ3n) is 4.36. The van der Waals surface area contributed by atoms with Crippen LogP contribution in [-0.2, 0) is 9.47 Å². The zero-order valence-corrected chi connectivity index (χ0v) is 12.4. The van der Waals surface area contributed by atoms with Crippen molar-refractivity contribution in [2.24, 2.45) is 0 Å². The van der Waals surface area contributed by atoms with Crippen molar-refractivity contribution in [3.8, 4) is 6.07 Å². The van der Waals surface area contributed by atoms with Gasteiger partial charge in [-0.1, -0.05) is 0 Å². The summed E-state index contributed by atoms with van der Waals surface area (Å²) >= 11 is 0. The van der Waals surface area contributed by atoms with E-state index >= 15 is 0 Å². The number of hydrogen-bond donors (Lipinski definition) is 0. The van der Waals surface area contributed by atoms with Gasteiger partial charge in [0, 0.05) is 37.7 Å². The first-order valence-corrected chi connectivity index (χ1v) is 7.27. The zero-order chi connectivity index (χ0) is 15.7. The fraction of sp³-hybridized carbons (Fsp3) is 0.533. The van der Waals surface area contributed by atoms with Crippen LogP contribution in [0.1, 0.15) is 24.0 Å². The van der Waals surface area contributed by atoms with Crippen molar-refractivity contribution in [2.75, 3.05) is 31.2 Å². The minimum absolute atomic E-state index is 0.0114. The first-order valence-electron chi connectivity index (χ1n) is 7.27. The van der Waals surface area contributed by atoms with Gasteiger partial charge < -0.3 is 14.4 Å². The zero-order valence-electron chi connectivity index (χ0n) is 12.4. The minimum Gasteiger partial charge on any atom is -0.371 e. The molecule has 0 radical (unpaired) electrons. The molecule has 0 N–H and O–H groups in total. The van der Waals surface area contributed by atoms with Gasteiger partial charge in [0.25, 0.3) is 5.69 Å². The molecule has 2 aliphatic heterocycles. The molecular weight excluding hydrogens is 286 g/mol. The van der Waals surface area contributed by atoms with Gasteiger partial charge in [0.15, 0.2) is 5.79 Å². The molecule has 2 saturated heterocycles. The molecular formula is C15H17N3O4. The number of nitriles is 1. The maximum Gasteiger partial charge on any atom is 0.275 e. The van der Waals surface area contributed by atoms with Crippen molar-refractivity contribution < 1.29 is 14.4 Å². The molecule has 0 saturated carbocycles. The van der Waals surface area contributed by atoms with Crippen LogP contribution in [0.4, 0.5) is 11.4 Å². The molecule has 0 atom stereocenters.